The molecule has 3 amide bonds. The highest BCUT2D eigenvalue weighted by Crippen LogP contribution is 2.28. The molecule has 2 aliphatic rings. The minimum atomic E-state index is -0.769. The Balaban J connectivity index is 1.49. The Kier molecular flexibility index (Phi) is 5.41. The summed E-state index contributed by atoms with van der Waals surface area (Å²) in [5, 5.41) is 14.9. The van der Waals surface area contributed by atoms with Crippen LogP contribution in [0.4, 0.5) is 11.4 Å². The van der Waals surface area contributed by atoms with Gasteiger partial charge in [-0.3, -0.25) is 19.7 Å². The fourth-order valence-corrected chi connectivity index (χ4v) is 4.14. The van der Waals surface area contributed by atoms with E-state index in [0.717, 1.165) is 16.8 Å². The number of piperidine rings is 1. The molecule has 4 rings (SSSR count). The second kappa shape index (κ2) is 8.16. The molecular weight excluding hydrogens is 382 g/mol. The molecule has 156 valence electrons. The van der Waals surface area contributed by atoms with Gasteiger partial charge in [-0.25, -0.2) is 0 Å². The van der Waals surface area contributed by atoms with Crippen LogP contribution >= 0.6 is 0 Å². The third kappa shape index (κ3) is 4.28. The van der Waals surface area contributed by atoms with E-state index in [1.165, 1.54) is 0 Å². The van der Waals surface area contributed by atoms with E-state index in [4.69, 9.17) is 0 Å². The van der Waals surface area contributed by atoms with Gasteiger partial charge in [0.15, 0.2) is 6.29 Å². The van der Waals surface area contributed by atoms with E-state index >= 15 is 0 Å². The lowest BCUT2D eigenvalue weighted by Crippen LogP contribution is -2.72. The Morgan fingerprint density at radius 2 is 1.67 bits per heavy atom. The van der Waals surface area contributed by atoms with Gasteiger partial charge in [0.25, 0.3) is 0 Å². The highest BCUT2D eigenvalue weighted by molar-refractivity contribution is 6.00. The number of hydrogen-bond donors (Lipinski definition) is 5. The maximum Gasteiger partial charge on any atom is 0.229 e. The lowest BCUT2D eigenvalue weighted by Gasteiger charge is -2.43. The minimum absolute atomic E-state index is 0.0380. The first kappa shape index (κ1) is 19.9. The highest BCUT2D eigenvalue weighted by atomic mass is 16.2. The SMILES string of the molecule is Cc1cc(C)cc(NC(=O)C2CC(=O)NC3NC(Nc4ccccc4)NC(=O)C32)c1. The Labute approximate surface area is 174 Å². The molecule has 0 bridgehead atoms. The summed E-state index contributed by atoms with van der Waals surface area (Å²) >= 11 is 0. The number of aryl methyl sites for hydroxylation is 2. The number of fused-ring (bicyclic) bond motifs is 1. The molecule has 2 aliphatic heterocycles. The second-order valence-electron chi connectivity index (χ2n) is 7.87. The summed E-state index contributed by atoms with van der Waals surface area (Å²) in [6.45, 7) is 3.90. The number of para-hydroxylation sites is 1. The van der Waals surface area contributed by atoms with Crippen molar-refractivity contribution in [1.82, 2.24) is 16.0 Å². The summed E-state index contributed by atoms with van der Waals surface area (Å²) in [4.78, 5) is 38.2. The van der Waals surface area contributed by atoms with Crippen LogP contribution in [-0.2, 0) is 14.4 Å². The van der Waals surface area contributed by atoms with Crippen LogP contribution in [-0.4, -0.2) is 30.2 Å². The van der Waals surface area contributed by atoms with E-state index in [2.05, 4.69) is 26.6 Å². The minimum Gasteiger partial charge on any atom is -0.353 e. The molecule has 2 heterocycles. The Bertz CT molecular complexity index is 958. The van der Waals surface area contributed by atoms with Gasteiger partial charge in [-0.1, -0.05) is 24.3 Å². The van der Waals surface area contributed by atoms with Gasteiger partial charge in [-0.05, 0) is 49.2 Å². The number of hydrogen-bond acceptors (Lipinski definition) is 5. The standard InChI is InChI=1S/C22H25N5O3/c1-12-8-13(2)10-15(9-12)23-20(29)16-11-17(28)25-19-18(16)21(30)27-22(26-19)24-14-6-4-3-5-7-14/h3-10,16,18-19,22,24,26H,11H2,1-2H3,(H,23,29)(H,25,28)(H,27,30). The molecule has 0 aliphatic carbocycles. The molecule has 2 saturated heterocycles. The first-order valence-electron chi connectivity index (χ1n) is 9.95. The molecule has 5 N–H and O–H groups in total. The maximum absolute atomic E-state index is 13.0. The van der Waals surface area contributed by atoms with E-state index in [9.17, 15) is 14.4 Å². The molecule has 2 aromatic carbocycles. The van der Waals surface area contributed by atoms with E-state index < -0.39 is 24.3 Å². The normalized spacial score (nSPS) is 25.5. The lowest BCUT2D eigenvalue weighted by molar-refractivity contribution is -0.144. The van der Waals surface area contributed by atoms with Crippen LogP contribution in [0.15, 0.2) is 48.5 Å². The molecule has 2 fully saturated rings. The van der Waals surface area contributed by atoms with Crippen LogP contribution in [0.5, 0.6) is 0 Å². The highest BCUT2D eigenvalue weighted by Gasteiger charge is 2.48. The summed E-state index contributed by atoms with van der Waals surface area (Å²) in [6.07, 6.45) is -1.25. The Morgan fingerprint density at radius 3 is 2.37 bits per heavy atom. The van der Waals surface area contributed by atoms with Gasteiger partial charge in [0, 0.05) is 17.8 Å². The van der Waals surface area contributed by atoms with Crippen LogP contribution in [0.1, 0.15) is 17.5 Å². The number of rotatable bonds is 4. The molecule has 0 spiro atoms. The summed E-state index contributed by atoms with van der Waals surface area (Å²) in [5.74, 6) is -2.36. The van der Waals surface area contributed by atoms with E-state index in [1.54, 1.807) is 0 Å². The molecule has 0 aromatic heterocycles. The van der Waals surface area contributed by atoms with Crippen LogP contribution in [0.2, 0.25) is 0 Å². The van der Waals surface area contributed by atoms with Crippen molar-refractivity contribution in [3.63, 3.8) is 0 Å². The average molecular weight is 407 g/mol. The zero-order chi connectivity index (χ0) is 21.3. The maximum atomic E-state index is 13.0. The fraction of sp³-hybridized carbons (Fsp3) is 0.318. The van der Waals surface area contributed by atoms with Gasteiger partial charge in [0.1, 0.15) is 0 Å². The molecule has 4 unspecified atom stereocenters. The van der Waals surface area contributed by atoms with Crippen LogP contribution in [0.3, 0.4) is 0 Å². The zero-order valence-corrected chi connectivity index (χ0v) is 16.9. The fourth-order valence-electron chi connectivity index (χ4n) is 4.14. The van der Waals surface area contributed by atoms with E-state index in [0.29, 0.717) is 5.69 Å². The van der Waals surface area contributed by atoms with Gasteiger partial charge < -0.3 is 21.3 Å². The van der Waals surface area contributed by atoms with E-state index in [-0.39, 0.29) is 24.1 Å². The first-order chi connectivity index (χ1) is 14.4. The van der Waals surface area contributed by atoms with Crippen LogP contribution in [0, 0.1) is 25.7 Å². The largest absolute Gasteiger partial charge is 0.353 e. The molecule has 0 radical (unpaired) electrons. The van der Waals surface area contributed by atoms with Gasteiger partial charge in [0.05, 0.1) is 18.0 Å². The number of anilines is 2. The van der Waals surface area contributed by atoms with Gasteiger partial charge >= 0.3 is 0 Å². The number of carbonyl (C=O) groups is 3. The number of nitrogens with one attached hydrogen (secondary N) is 5. The van der Waals surface area contributed by atoms with Crippen LogP contribution in [0.25, 0.3) is 0 Å². The molecule has 8 nitrogen and oxygen atoms in total. The second-order valence-corrected chi connectivity index (χ2v) is 7.87. The predicted octanol–water partition coefficient (Wildman–Crippen LogP) is 1.44. The number of amides is 3. The van der Waals surface area contributed by atoms with Gasteiger partial charge in [-0.2, -0.15) is 0 Å². The van der Waals surface area contributed by atoms with Crippen molar-refractivity contribution < 1.29 is 14.4 Å². The monoisotopic (exact) mass is 407 g/mol. The van der Waals surface area contributed by atoms with Gasteiger partial charge in [0.2, 0.25) is 17.7 Å². The van der Waals surface area contributed by atoms with Crippen LogP contribution < -0.4 is 26.6 Å². The number of carbonyl (C=O) groups excluding carboxylic acids is 3. The Morgan fingerprint density at radius 1 is 0.967 bits per heavy atom. The third-order valence-corrected chi connectivity index (χ3v) is 5.36. The van der Waals surface area contributed by atoms with Crippen molar-refractivity contribution in [2.75, 3.05) is 10.6 Å². The quantitative estimate of drug-likeness (QED) is 0.527. The predicted molar refractivity (Wildman–Crippen MR) is 113 cm³/mol. The Hall–Kier alpha value is -3.39. The molecule has 0 saturated carbocycles. The average Bonchev–Trinajstić information content (AvgIpc) is 2.67. The zero-order valence-electron chi connectivity index (χ0n) is 16.9. The summed E-state index contributed by atoms with van der Waals surface area (Å²) in [5.41, 5.74) is 3.53. The molecule has 2 aromatic rings. The summed E-state index contributed by atoms with van der Waals surface area (Å²) < 4.78 is 0. The van der Waals surface area contributed by atoms with E-state index in [1.807, 2.05) is 62.4 Å². The molecular formula is C22H25N5O3. The third-order valence-electron chi connectivity index (χ3n) is 5.36. The number of benzene rings is 2. The van der Waals surface area contributed by atoms with Crippen molar-refractivity contribution >= 4 is 29.1 Å². The van der Waals surface area contributed by atoms with Crippen molar-refractivity contribution in [2.24, 2.45) is 11.8 Å². The molecule has 8 heteroatoms. The molecule has 30 heavy (non-hydrogen) atoms. The van der Waals surface area contributed by atoms with Crippen molar-refractivity contribution in [3.05, 3.63) is 59.7 Å². The smallest absolute Gasteiger partial charge is 0.229 e. The van der Waals surface area contributed by atoms with Crippen molar-refractivity contribution in [1.29, 1.82) is 0 Å². The molecule has 4 atom stereocenters. The van der Waals surface area contributed by atoms with Crippen molar-refractivity contribution in [3.8, 4) is 0 Å². The summed E-state index contributed by atoms with van der Waals surface area (Å²) in [6, 6.07) is 15.1. The lowest BCUT2D eigenvalue weighted by atomic mass is 9.81. The summed E-state index contributed by atoms with van der Waals surface area (Å²) in [7, 11) is 0. The topological polar surface area (TPSA) is 111 Å². The first-order valence-corrected chi connectivity index (χ1v) is 9.95. The van der Waals surface area contributed by atoms with Gasteiger partial charge in [-0.15, -0.1) is 0 Å². The van der Waals surface area contributed by atoms with Crippen molar-refractivity contribution in [2.45, 2.75) is 32.7 Å².